The SMILES string of the molecule is O[C@]1(c2ccccc2)CCCCC[C@H]1Br. The first-order valence-electron chi connectivity index (χ1n) is 5.65. The first-order chi connectivity index (χ1) is 7.23. The lowest BCUT2D eigenvalue weighted by molar-refractivity contribution is 0.0288. The molecular formula is C13H17BrO. The van der Waals surface area contributed by atoms with E-state index in [2.05, 4.69) is 15.9 Å². The van der Waals surface area contributed by atoms with Crippen LogP contribution >= 0.6 is 15.9 Å². The summed E-state index contributed by atoms with van der Waals surface area (Å²) >= 11 is 3.65. The summed E-state index contributed by atoms with van der Waals surface area (Å²) in [5.41, 5.74) is 0.381. The van der Waals surface area contributed by atoms with Crippen LogP contribution in [0.15, 0.2) is 30.3 Å². The van der Waals surface area contributed by atoms with Crippen LogP contribution in [0.1, 0.15) is 37.7 Å². The number of hydrogen-bond donors (Lipinski definition) is 1. The fraction of sp³-hybridized carbons (Fsp3) is 0.538. The summed E-state index contributed by atoms with van der Waals surface area (Å²) in [6.45, 7) is 0. The number of alkyl halides is 1. The summed E-state index contributed by atoms with van der Waals surface area (Å²) in [6.07, 6.45) is 5.49. The molecule has 0 saturated heterocycles. The predicted molar refractivity (Wildman–Crippen MR) is 66.1 cm³/mol. The van der Waals surface area contributed by atoms with E-state index in [-0.39, 0.29) is 4.83 Å². The summed E-state index contributed by atoms with van der Waals surface area (Å²) in [5, 5.41) is 10.7. The van der Waals surface area contributed by atoms with E-state index < -0.39 is 5.60 Å². The standard InChI is InChI=1S/C13H17BrO/c14-12-9-5-2-6-10-13(12,15)11-7-3-1-4-8-11/h1,3-4,7-8,12,15H,2,5-6,9-10H2/t12-,13+/m1/s1. The van der Waals surface area contributed by atoms with Crippen molar-refractivity contribution in [2.45, 2.75) is 42.5 Å². The maximum Gasteiger partial charge on any atom is 0.102 e. The third-order valence-electron chi connectivity index (χ3n) is 3.31. The molecule has 1 aromatic rings. The molecule has 2 heteroatoms. The Labute approximate surface area is 99.6 Å². The van der Waals surface area contributed by atoms with Crippen LogP contribution in [-0.2, 0) is 5.60 Å². The molecule has 1 saturated carbocycles. The van der Waals surface area contributed by atoms with Crippen molar-refractivity contribution in [1.82, 2.24) is 0 Å². The zero-order valence-corrected chi connectivity index (χ0v) is 10.4. The van der Waals surface area contributed by atoms with E-state index in [1.807, 2.05) is 30.3 Å². The summed E-state index contributed by atoms with van der Waals surface area (Å²) in [7, 11) is 0. The average Bonchev–Trinajstić information content (AvgIpc) is 2.44. The van der Waals surface area contributed by atoms with Gasteiger partial charge in [-0.2, -0.15) is 0 Å². The maximum absolute atomic E-state index is 10.7. The van der Waals surface area contributed by atoms with Crippen LogP contribution in [0.3, 0.4) is 0 Å². The maximum atomic E-state index is 10.7. The van der Waals surface area contributed by atoms with Crippen LogP contribution in [0.5, 0.6) is 0 Å². The van der Waals surface area contributed by atoms with Crippen molar-refractivity contribution < 1.29 is 5.11 Å². The van der Waals surface area contributed by atoms with Crippen LogP contribution in [0.25, 0.3) is 0 Å². The lowest BCUT2D eigenvalue weighted by atomic mass is 9.86. The Hall–Kier alpha value is -0.340. The van der Waals surface area contributed by atoms with Gasteiger partial charge in [0, 0.05) is 4.83 Å². The van der Waals surface area contributed by atoms with Crippen LogP contribution in [0.2, 0.25) is 0 Å². The van der Waals surface area contributed by atoms with Crippen molar-refractivity contribution in [3.8, 4) is 0 Å². The number of hydrogen-bond acceptors (Lipinski definition) is 1. The van der Waals surface area contributed by atoms with Crippen molar-refractivity contribution in [1.29, 1.82) is 0 Å². The molecular weight excluding hydrogens is 252 g/mol. The van der Waals surface area contributed by atoms with Gasteiger partial charge in [-0.1, -0.05) is 65.5 Å². The van der Waals surface area contributed by atoms with E-state index in [9.17, 15) is 5.11 Å². The van der Waals surface area contributed by atoms with Crippen molar-refractivity contribution >= 4 is 15.9 Å². The molecule has 1 nitrogen and oxygen atoms in total. The van der Waals surface area contributed by atoms with Gasteiger partial charge in [-0.05, 0) is 18.4 Å². The molecule has 1 aliphatic rings. The molecule has 2 rings (SSSR count). The lowest BCUT2D eigenvalue weighted by Crippen LogP contribution is -2.34. The molecule has 0 bridgehead atoms. The van der Waals surface area contributed by atoms with Gasteiger partial charge in [-0.15, -0.1) is 0 Å². The molecule has 2 atom stereocenters. The monoisotopic (exact) mass is 268 g/mol. The summed E-state index contributed by atoms with van der Waals surface area (Å²) in [4.78, 5) is 0.190. The first kappa shape index (κ1) is 11.2. The number of benzene rings is 1. The van der Waals surface area contributed by atoms with Gasteiger partial charge in [0.05, 0.1) is 0 Å². The van der Waals surface area contributed by atoms with Gasteiger partial charge in [-0.25, -0.2) is 0 Å². The third kappa shape index (κ3) is 2.26. The van der Waals surface area contributed by atoms with E-state index >= 15 is 0 Å². The number of rotatable bonds is 1. The minimum absolute atomic E-state index is 0.190. The Morgan fingerprint density at radius 3 is 2.60 bits per heavy atom. The molecule has 1 fully saturated rings. The molecule has 0 unspecified atom stereocenters. The molecule has 1 aromatic carbocycles. The van der Waals surface area contributed by atoms with Gasteiger partial charge < -0.3 is 5.11 Å². The van der Waals surface area contributed by atoms with Crippen molar-refractivity contribution in [2.24, 2.45) is 0 Å². The largest absolute Gasteiger partial charge is 0.384 e. The Morgan fingerprint density at radius 2 is 1.87 bits per heavy atom. The van der Waals surface area contributed by atoms with Crippen LogP contribution < -0.4 is 0 Å². The predicted octanol–water partition coefficient (Wildman–Crippen LogP) is 3.60. The first-order valence-corrected chi connectivity index (χ1v) is 6.57. The van der Waals surface area contributed by atoms with Crippen molar-refractivity contribution in [3.63, 3.8) is 0 Å². The van der Waals surface area contributed by atoms with Gasteiger partial charge >= 0.3 is 0 Å². The van der Waals surface area contributed by atoms with Gasteiger partial charge in [0.2, 0.25) is 0 Å². The van der Waals surface area contributed by atoms with Gasteiger partial charge in [0.25, 0.3) is 0 Å². The average molecular weight is 269 g/mol. The Balaban J connectivity index is 2.30. The minimum atomic E-state index is -0.669. The normalized spacial score (nSPS) is 32.3. The van der Waals surface area contributed by atoms with E-state index in [0.29, 0.717) is 0 Å². The molecule has 1 N–H and O–H groups in total. The van der Waals surface area contributed by atoms with Crippen LogP contribution in [-0.4, -0.2) is 9.93 Å². The molecule has 82 valence electrons. The smallest absolute Gasteiger partial charge is 0.102 e. The fourth-order valence-corrected chi connectivity index (χ4v) is 3.16. The molecule has 15 heavy (non-hydrogen) atoms. The third-order valence-corrected chi connectivity index (χ3v) is 4.52. The van der Waals surface area contributed by atoms with Gasteiger partial charge in [-0.3, -0.25) is 0 Å². The summed E-state index contributed by atoms with van der Waals surface area (Å²) in [6, 6.07) is 10.0. The molecule has 0 amide bonds. The van der Waals surface area contributed by atoms with E-state index in [1.54, 1.807) is 0 Å². The second kappa shape index (κ2) is 4.67. The van der Waals surface area contributed by atoms with Gasteiger partial charge in [0.15, 0.2) is 0 Å². The van der Waals surface area contributed by atoms with Crippen molar-refractivity contribution in [3.05, 3.63) is 35.9 Å². The topological polar surface area (TPSA) is 20.2 Å². The second-order valence-electron chi connectivity index (χ2n) is 4.36. The zero-order chi connectivity index (χ0) is 10.7. The molecule has 0 radical (unpaired) electrons. The number of aliphatic hydroxyl groups is 1. The Morgan fingerprint density at radius 1 is 1.13 bits per heavy atom. The highest BCUT2D eigenvalue weighted by molar-refractivity contribution is 9.09. The van der Waals surface area contributed by atoms with Crippen molar-refractivity contribution in [2.75, 3.05) is 0 Å². The van der Waals surface area contributed by atoms with Crippen LogP contribution in [0, 0.1) is 0 Å². The quantitative estimate of drug-likeness (QED) is 0.610. The molecule has 0 spiro atoms. The van der Waals surface area contributed by atoms with Gasteiger partial charge in [0.1, 0.15) is 5.60 Å². The van der Waals surface area contributed by atoms with Crippen LogP contribution in [0.4, 0.5) is 0 Å². The Bertz CT molecular complexity index is 312. The lowest BCUT2D eigenvalue weighted by Gasteiger charge is -2.32. The second-order valence-corrected chi connectivity index (χ2v) is 5.46. The summed E-state index contributed by atoms with van der Waals surface area (Å²) in [5.74, 6) is 0. The Kier molecular flexibility index (Phi) is 3.47. The molecule has 0 aromatic heterocycles. The fourth-order valence-electron chi connectivity index (χ4n) is 2.34. The summed E-state index contributed by atoms with van der Waals surface area (Å²) < 4.78 is 0. The number of halogens is 1. The van der Waals surface area contributed by atoms with E-state index in [1.165, 1.54) is 12.8 Å². The molecule has 0 aliphatic heterocycles. The highest BCUT2D eigenvalue weighted by Gasteiger charge is 2.37. The minimum Gasteiger partial charge on any atom is -0.384 e. The van der Waals surface area contributed by atoms with E-state index in [4.69, 9.17) is 0 Å². The highest BCUT2D eigenvalue weighted by Crippen LogP contribution is 2.39. The zero-order valence-electron chi connectivity index (χ0n) is 8.82. The molecule has 1 aliphatic carbocycles. The molecule has 0 heterocycles. The van der Waals surface area contributed by atoms with E-state index in [0.717, 1.165) is 24.8 Å². The highest BCUT2D eigenvalue weighted by atomic mass is 79.9.